The zero-order valence-electron chi connectivity index (χ0n) is 23.4. The highest BCUT2D eigenvalue weighted by Crippen LogP contribution is 2.52. The number of hydrogen-bond donors (Lipinski definition) is 1. The number of nitrogens with zero attached hydrogens (tertiary/aromatic N) is 1. The topological polar surface area (TPSA) is 98.9 Å². The lowest BCUT2D eigenvalue weighted by Crippen LogP contribution is -2.46. The second kappa shape index (κ2) is 12.1. The van der Waals surface area contributed by atoms with Gasteiger partial charge < -0.3 is 15.2 Å². The number of nitrogens with two attached hydrogens (primary N) is 1. The minimum atomic E-state index is -1.16. The summed E-state index contributed by atoms with van der Waals surface area (Å²) in [4.78, 5) is 44.3. The molecule has 10 heteroatoms. The molecule has 3 atom stereocenters. The number of carbonyl (C=O) groups excluding carboxylic acids is 3. The van der Waals surface area contributed by atoms with Crippen LogP contribution in [0.15, 0.2) is 82.6 Å². The van der Waals surface area contributed by atoms with Gasteiger partial charge in [-0.05, 0) is 74.0 Å². The molecule has 3 aromatic rings. The predicted octanol–water partition coefficient (Wildman–Crippen LogP) is 6.38. The fourth-order valence-electron chi connectivity index (χ4n) is 5.81. The molecule has 0 amide bonds. The van der Waals surface area contributed by atoms with Crippen molar-refractivity contribution in [1.82, 2.24) is 0 Å². The molecule has 7 nitrogen and oxygen atoms in total. The van der Waals surface area contributed by atoms with Crippen molar-refractivity contribution in [2.75, 3.05) is 18.1 Å². The van der Waals surface area contributed by atoms with E-state index in [0.717, 1.165) is 4.88 Å². The number of rotatable bonds is 7. The molecule has 2 N–H and O–H groups in total. The number of anilines is 1. The summed E-state index contributed by atoms with van der Waals surface area (Å²) < 4.78 is 24.9. The van der Waals surface area contributed by atoms with Crippen LogP contribution in [0, 0.1) is 18.7 Å². The van der Waals surface area contributed by atoms with Gasteiger partial charge in [0.2, 0.25) is 0 Å². The molecule has 2 aromatic carbocycles. The van der Waals surface area contributed by atoms with Gasteiger partial charge >= 0.3 is 11.9 Å². The molecule has 3 unspecified atom stereocenters. The van der Waals surface area contributed by atoms with Crippen LogP contribution >= 0.6 is 22.9 Å². The molecular weight excluding hydrogens is 579 g/mol. The van der Waals surface area contributed by atoms with Gasteiger partial charge in [0.1, 0.15) is 17.6 Å². The van der Waals surface area contributed by atoms with Crippen LogP contribution in [0.25, 0.3) is 0 Å². The van der Waals surface area contributed by atoms with E-state index in [1.54, 1.807) is 30.9 Å². The highest BCUT2D eigenvalue weighted by Gasteiger charge is 2.51. The summed E-state index contributed by atoms with van der Waals surface area (Å²) in [5.74, 6) is -4.97. The van der Waals surface area contributed by atoms with Gasteiger partial charge in [0.05, 0.1) is 30.4 Å². The first-order chi connectivity index (χ1) is 20.2. The Labute approximate surface area is 252 Å². The molecule has 0 fully saturated rings. The maximum Gasteiger partial charge on any atom is 0.338 e. The van der Waals surface area contributed by atoms with Crippen LogP contribution in [-0.2, 0) is 23.9 Å². The molecule has 2 aliphatic rings. The standard InChI is InChI=1S/C32H30ClFN2O5S/c1-4-40-31(38)26-20(24-10-7-15-42-24)16-23-27(29(26)37)25(18-11-13-19(34)14-12-18)28(32(39)41-5-2)30(35)36(23)22-9-6-8-21(33)17(22)3/h6-15,20,25-26H,4-5,16,35H2,1-3H3. The number of halogens is 2. The van der Waals surface area contributed by atoms with E-state index in [4.69, 9.17) is 26.8 Å². The molecule has 0 saturated heterocycles. The number of esters is 2. The third kappa shape index (κ3) is 5.12. The van der Waals surface area contributed by atoms with Crippen LogP contribution in [0.1, 0.15) is 48.1 Å². The second-order valence-corrected chi connectivity index (χ2v) is 11.4. The van der Waals surface area contributed by atoms with Gasteiger partial charge in [0.15, 0.2) is 5.78 Å². The summed E-state index contributed by atoms with van der Waals surface area (Å²) in [7, 11) is 0. The monoisotopic (exact) mass is 608 g/mol. The molecule has 1 aromatic heterocycles. The van der Waals surface area contributed by atoms with E-state index >= 15 is 0 Å². The average molecular weight is 609 g/mol. The molecule has 2 heterocycles. The zero-order valence-corrected chi connectivity index (χ0v) is 24.9. The minimum absolute atomic E-state index is 0.0205. The van der Waals surface area contributed by atoms with Crippen LogP contribution in [0.2, 0.25) is 5.02 Å². The van der Waals surface area contributed by atoms with E-state index in [2.05, 4.69) is 0 Å². The summed E-state index contributed by atoms with van der Waals surface area (Å²) in [6, 6.07) is 14.6. The Hall–Kier alpha value is -3.95. The Balaban J connectivity index is 1.84. The number of ketones is 1. The van der Waals surface area contributed by atoms with E-state index in [1.165, 1.54) is 35.6 Å². The van der Waals surface area contributed by atoms with Gasteiger partial charge in [-0.1, -0.05) is 35.9 Å². The molecule has 1 aliphatic heterocycles. The van der Waals surface area contributed by atoms with Crippen molar-refractivity contribution in [3.05, 3.63) is 109 Å². The quantitative estimate of drug-likeness (QED) is 0.246. The molecule has 218 valence electrons. The van der Waals surface area contributed by atoms with Gasteiger partial charge in [0.25, 0.3) is 0 Å². The molecule has 0 spiro atoms. The van der Waals surface area contributed by atoms with Crippen molar-refractivity contribution in [2.45, 2.75) is 39.0 Å². The average Bonchev–Trinajstić information content (AvgIpc) is 3.50. The van der Waals surface area contributed by atoms with Crippen LogP contribution in [0.5, 0.6) is 0 Å². The second-order valence-electron chi connectivity index (χ2n) is 10.0. The number of allylic oxidation sites excluding steroid dienone is 2. The van der Waals surface area contributed by atoms with Gasteiger partial charge in [-0.2, -0.15) is 0 Å². The van der Waals surface area contributed by atoms with Crippen molar-refractivity contribution in [3.63, 3.8) is 0 Å². The number of benzene rings is 2. The van der Waals surface area contributed by atoms with Gasteiger partial charge in [-0.3, -0.25) is 14.5 Å². The number of hydrogen-bond acceptors (Lipinski definition) is 8. The Morgan fingerprint density at radius 1 is 1.07 bits per heavy atom. The molecular formula is C32H30ClFN2O5S. The van der Waals surface area contributed by atoms with Gasteiger partial charge in [-0.25, -0.2) is 9.18 Å². The number of Topliss-reactive ketones (excluding diaryl/α,β-unsaturated/α-hetero) is 1. The summed E-state index contributed by atoms with van der Waals surface area (Å²) in [5, 5.41) is 2.36. The van der Waals surface area contributed by atoms with E-state index < -0.39 is 41.3 Å². The first-order valence-electron chi connectivity index (χ1n) is 13.6. The van der Waals surface area contributed by atoms with E-state index in [0.29, 0.717) is 27.5 Å². The Morgan fingerprint density at radius 3 is 2.43 bits per heavy atom. The van der Waals surface area contributed by atoms with Gasteiger partial charge in [0, 0.05) is 27.1 Å². The fourth-order valence-corrected chi connectivity index (χ4v) is 6.85. The van der Waals surface area contributed by atoms with E-state index in [-0.39, 0.29) is 36.6 Å². The molecule has 42 heavy (non-hydrogen) atoms. The lowest BCUT2D eigenvalue weighted by atomic mass is 9.68. The normalized spacial score (nSPS) is 20.5. The van der Waals surface area contributed by atoms with Crippen LogP contribution in [-0.4, -0.2) is 30.9 Å². The van der Waals surface area contributed by atoms with E-state index in [9.17, 15) is 18.8 Å². The smallest absolute Gasteiger partial charge is 0.338 e. The highest BCUT2D eigenvalue weighted by molar-refractivity contribution is 7.10. The van der Waals surface area contributed by atoms with Gasteiger partial charge in [-0.15, -0.1) is 11.3 Å². The largest absolute Gasteiger partial charge is 0.465 e. The summed E-state index contributed by atoms with van der Waals surface area (Å²) in [6.45, 7) is 5.34. The van der Waals surface area contributed by atoms with Crippen molar-refractivity contribution in [2.24, 2.45) is 11.7 Å². The van der Waals surface area contributed by atoms with Crippen molar-refractivity contribution >= 4 is 46.3 Å². The first-order valence-corrected chi connectivity index (χ1v) is 14.9. The van der Waals surface area contributed by atoms with Crippen molar-refractivity contribution < 1.29 is 28.2 Å². The number of thiophene rings is 1. The SMILES string of the molecule is CCOC(=O)C1=C(N)N(c2cccc(Cl)c2C)C2=C(C(=O)C(C(=O)OCC)C(c3cccs3)C2)C1c1ccc(F)cc1. The zero-order chi connectivity index (χ0) is 30.1. The first kappa shape index (κ1) is 29.5. The lowest BCUT2D eigenvalue weighted by molar-refractivity contribution is -0.152. The van der Waals surface area contributed by atoms with Crippen molar-refractivity contribution in [1.29, 1.82) is 0 Å². The molecule has 1 aliphatic carbocycles. The molecule has 0 radical (unpaired) electrons. The minimum Gasteiger partial charge on any atom is -0.465 e. The molecule has 0 saturated carbocycles. The summed E-state index contributed by atoms with van der Waals surface area (Å²) in [6.07, 6.45) is 0.242. The maximum absolute atomic E-state index is 14.7. The van der Waals surface area contributed by atoms with Crippen LogP contribution < -0.4 is 10.6 Å². The predicted molar refractivity (Wildman–Crippen MR) is 159 cm³/mol. The Morgan fingerprint density at radius 2 is 1.79 bits per heavy atom. The number of carbonyl (C=O) groups is 3. The van der Waals surface area contributed by atoms with E-state index in [1.807, 2.05) is 30.5 Å². The van der Waals surface area contributed by atoms with Crippen molar-refractivity contribution in [3.8, 4) is 0 Å². The highest BCUT2D eigenvalue weighted by atomic mass is 35.5. The maximum atomic E-state index is 14.7. The Kier molecular flexibility index (Phi) is 8.52. The Bertz CT molecular complexity index is 1600. The molecule has 5 rings (SSSR count). The molecule has 0 bridgehead atoms. The third-order valence-electron chi connectivity index (χ3n) is 7.67. The lowest BCUT2D eigenvalue weighted by Gasteiger charge is -2.44. The number of ether oxygens (including phenoxy) is 2. The third-order valence-corrected chi connectivity index (χ3v) is 9.08. The van der Waals surface area contributed by atoms with Crippen LogP contribution in [0.3, 0.4) is 0 Å². The fraction of sp³-hybridized carbons (Fsp3) is 0.281. The summed E-state index contributed by atoms with van der Waals surface area (Å²) in [5.41, 5.74) is 9.37. The van der Waals surface area contributed by atoms with Crippen LogP contribution in [0.4, 0.5) is 10.1 Å². The summed E-state index contributed by atoms with van der Waals surface area (Å²) >= 11 is 7.97.